The van der Waals surface area contributed by atoms with Crippen molar-refractivity contribution in [2.24, 2.45) is 35.0 Å². The van der Waals surface area contributed by atoms with E-state index in [-0.39, 0.29) is 0 Å². The van der Waals surface area contributed by atoms with E-state index >= 15 is 0 Å². The standard InChI is InChI=1S/C19H34/c1-4-18-13-16(11-15(3)19(18)9-10-19)12-17-8-6-5-7-14(17)2/h14-18H,4-13H2,1-3H3. The third kappa shape index (κ3) is 2.61. The van der Waals surface area contributed by atoms with Crippen LogP contribution < -0.4 is 0 Å². The van der Waals surface area contributed by atoms with Gasteiger partial charge in [0.05, 0.1) is 0 Å². The molecule has 0 saturated heterocycles. The summed E-state index contributed by atoms with van der Waals surface area (Å²) in [5, 5.41) is 0. The Bertz CT molecular complexity index is 301. The fourth-order valence-electron chi connectivity index (χ4n) is 5.85. The first-order valence-corrected chi connectivity index (χ1v) is 9.15. The van der Waals surface area contributed by atoms with Gasteiger partial charge in [0.1, 0.15) is 0 Å². The van der Waals surface area contributed by atoms with Crippen LogP contribution in [0.25, 0.3) is 0 Å². The van der Waals surface area contributed by atoms with Gasteiger partial charge in [-0.1, -0.05) is 52.9 Å². The van der Waals surface area contributed by atoms with Gasteiger partial charge in [-0.3, -0.25) is 0 Å². The Kier molecular flexibility index (Phi) is 3.98. The Hall–Kier alpha value is 0. The maximum atomic E-state index is 2.58. The van der Waals surface area contributed by atoms with Gasteiger partial charge < -0.3 is 0 Å². The Morgan fingerprint density at radius 1 is 1.00 bits per heavy atom. The molecule has 0 nitrogen and oxygen atoms in total. The molecule has 3 saturated carbocycles. The highest BCUT2D eigenvalue weighted by molar-refractivity contribution is 5.05. The molecule has 0 heterocycles. The van der Waals surface area contributed by atoms with Gasteiger partial charge in [0.25, 0.3) is 0 Å². The van der Waals surface area contributed by atoms with Crippen LogP contribution in [0.3, 0.4) is 0 Å². The highest BCUT2D eigenvalue weighted by Gasteiger charge is 2.55. The molecule has 0 aromatic carbocycles. The summed E-state index contributed by atoms with van der Waals surface area (Å²) >= 11 is 0. The summed E-state index contributed by atoms with van der Waals surface area (Å²) in [7, 11) is 0. The Morgan fingerprint density at radius 2 is 1.74 bits per heavy atom. The van der Waals surface area contributed by atoms with E-state index in [1.807, 2.05) is 0 Å². The zero-order valence-electron chi connectivity index (χ0n) is 13.5. The summed E-state index contributed by atoms with van der Waals surface area (Å²) in [6.07, 6.45) is 15.3. The van der Waals surface area contributed by atoms with E-state index in [0.717, 1.165) is 35.0 Å². The molecule has 0 aliphatic heterocycles. The second-order valence-corrected chi connectivity index (χ2v) is 8.33. The maximum Gasteiger partial charge on any atom is -0.0243 e. The Balaban J connectivity index is 1.59. The molecule has 3 aliphatic carbocycles. The molecule has 0 amide bonds. The second-order valence-electron chi connectivity index (χ2n) is 8.33. The van der Waals surface area contributed by atoms with Gasteiger partial charge in [-0.15, -0.1) is 0 Å². The van der Waals surface area contributed by atoms with E-state index in [0.29, 0.717) is 0 Å². The van der Waals surface area contributed by atoms with Crippen LogP contribution in [0, 0.1) is 35.0 Å². The van der Waals surface area contributed by atoms with Crippen LogP contribution in [0.2, 0.25) is 0 Å². The molecule has 0 N–H and O–H groups in total. The molecular weight excluding hydrogens is 228 g/mol. The van der Waals surface area contributed by atoms with E-state index in [1.54, 1.807) is 32.1 Å². The zero-order chi connectivity index (χ0) is 13.5. The van der Waals surface area contributed by atoms with Gasteiger partial charge in [-0.25, -0.2) is 0 Å². The quantitative estimate of drug-likeness (QED) is 0.580. The Labute approximate surface area is 120 Å². The Morgan fingerprint density at radius 3 is 2.37 bits per heavy atom. The van der Waals surface area contributed by atoms with Crippen LogP contribution in [0.4, 0.5) is 0 Å². The average molecular weight is 262 g/mol. The molecule has 0 heteroatoms. The lowest BCUT2D eigenvalue weighted by atomic mass is 9.62. The van der Waals surface area contributed by atoms with Crippen LogP contribution in [0.15, 0.2) is 0 Å². The fourth-order valence-corrected chi connectivity index (χ4v) is 5.85. The van der Waals surface area contributed by atoms with Crippen molar-refractivity contribution >= 4 is 0 Å². The lowest BCUT2D eigenvalue weighted by Crippen LogP contribution is -2.34. The zero-order valence-corrected chi connectivity index (χ0v) is 13.5. The molecule has 0 aromatic rings. The summed E-state index contributed by atoms with van der Waals surface area (Å²) in [4.78, 5) is 0. The number of hydrogen-bond donors (Lipinski definition) is 0. The highest BCUT2D eigenvalue weighted by atomic mass is 14.6. The minimum atomic E-state index is 0.823. The van der Waals surface area contributed by atoms with Gasteiger partial charge in [-0.05, 0) is 67.1 Å². The van der Waals surface area contributed by atoms with Crippen molar-refractivity contribution in [1.82, 2.24) is 0 Å². The molecular formula is C19H34. The maximum absolute atomic E-state index is 2.58. The van der Waals surface area contributed by atoms with Gasteiger partial charge in [0, 0.05) is 0 Å². The first-order valence-electron chi connectivity index (χ1n) is 9.15. The third-order valence-electron chi connectivity index (χ3n) is 7.34. The molecule has 5 atom stereocenters. The molecule has 5 unspecified atom stereocenters. The highest BCUT2D eigenvalue weighted by Crippen LogP contribution is 2.64. The summed E-state index contributed by atoms with van der Waals surface area (Å²) in [6, 6.07) is 0. The molecule has 3 fully saturated rings. The summed E-state index contributed by atoms with van der Waals surface area (Å²) in [6.45, 7) is 7.55. The summed E-state index contributed by atoms with van der Waals surface area (Å²) in [5.74, 6) is 5.24. The third-order valence-corrected chi connectivity index (χ3v) is 7.34. The topological polar surface area (TPSA) is 0 Å². The van der Waals surface area contributed by atoms with E-state index in [1.165, 1.54) is 32.1 Å². The minimum Gasteiger partial charge on any atom is -0.0651 e. The van der Waals surface area contributed by atoms with Crippen LogP contribution >= 0.6 is 0 Å². The molecule has 0 aromatic heterocycles. The fraction of sp³-hybridized carbons (Fsp3) is 1.00. The molecule has 1 spiro atoms. The van der Waals surface area contributed by atoms with Crippen LogP contribution in [0.1, 0.15) is 85.0 Å². The van der Waals surface area contributed by atoms with Crippen molar-refractivity contribution in [3.8, 4) is 0 Å². The van der Waals surface area contributed by atoms with Crippen molar-refractivity contribution in [2.45, 2.75) is 85.0 Å². The van der Waals surface area contributed by atoms with Crippen molar-refractivity contribution in [1.29, 1.82) is 0 Å². The van der Waals surface area contributed by atoms with E-state index in [4.69, 9.17) is 0 Å². The minimum absolute atomic E-state index is 0.823. The average Bonchev–Trinajstić information content (AvgIpc) is 3.18. The molecule has 0 bridgehead atoms. The van der Waals surface area contributed by atoms with Gasteiger partial charge >= 0.3 is 0 Å². The van der Waals surface area contributed by atoms with E-state index < -0.39 is 0 Å². The monoisotopic (exact) mass is 262 g/mol. The molecule has 110 valence electrons. The van der Waals surface area contributed by atoms with Crippen LogP contribution in [-0.2, 0) is 0 Å². The molecule has 19 heavy (non-hydrogen) atoms. The SMILES string of the molecule is CCC1CC(CC2CCCCC2C)CC(C)C12CC2. The largest absolute Gasteiger partial charge is 0.0651 e. The van der Waals surface area contributed by atoms with Crippen LogP contribution in [-0.4, -0.2) is 0 Å². The number of hydrogen-bond acceptors (Lipinski definition) is 0. The predicted molar refractivity (Wildman–Crippen MR) is 83.1 cm³/mol. The predicted octanol–water partition coefficient (Wildman–Crippen LogP) is 6.06. The van der Waals surface area contributed by atoms with Crippen molar-refractivity contribution < 1.29 is 0 Å². The number of rotatable bonds is 3. The molecule has 0 radical (unpaired) electrons. The van der Waals surface area contributed by atoms with Crippen molar-refractivity contribution in [3.63, 3.8) is 0 Å². The van der Waals surface area contributed by atoms with Crippen molar-refractivity contribution in [3.05, 3.63) is 0 Å². The van der Waals surface area contributed by atoms with Gasteiger partial charge in [-0.2, -0.15) is 0 Å². The molecule has 3 rings (SSSR count). The molecule has 3 aliphatic rings. The smallest absolute Gasteiger partial charge is 0.0243 e. The van der Waals surface area contributed by atoms with E-state index in [2.05, 4.69) is 20.8 Å². The van der Waals surface area contributed by atoms with Gasteiger partial charge in [0.2, 0.25) is 0 Å². The van der Waals surface area contributed by atoms with Gasteiger partial charge in [0.15, 0.2) is 0 Å². The second kappa shape index (κ2) is 5.41. The normalized spacial score (nSPS) is 45.3. The van der Waals surface area contributed by atoms with Crippen LogP contribution in [0.5, 0.6) is 0 Å². The summed E-state index contributed by atoms with van der Waals surface area (Å²) < 4.78 is 0. The lowest BCUT2D eigenvalue weighted by molar-refractivity contribution is 0.0678. The summed E-state index contributed by atoms with van der Waals surface area (Å²) in [5.41, 5.74) is 0.823. The first-order chi connectivity index (χ1) is 9.15. The van der Waals surface area contributed by atoms with Crippen molar-refractivity contribution in [2.75, 3.05) is 0 Å². The van der Waals surface area contributed by atoms with E-state index in [9.17, 15) is 0 Å². The lowest BCUT2D eigenvalue weighted by Gasteiger charge is -2.43. The first kappa shape index (κ1) is 14.0.